The highest BCUT2D eigenvalue weighted by atomic mass is 16.5. The summed E-state index contributed by atoms with van der Waals surface area (Å²) in [5.41, 5.74) is 0.856. The quantitative estimate of drug-likeness (QED) is 0.844. The minimum atomic E-state index is 0.147. The largest absolute Gasteiger partial charge is 0.339 e. The SMILES string of the molecule is C[C@@H]1CN(C)CCN1C(=O)CCc1nc(-c2ccncc2)no1. The monoisotopic (exact) mass is 315 g/mol. The van der Waals surface area contributed by atoms with Crippen molar-refractivity contribution in [1.82, 2.24) is 24.9 Å². The zero-order valence-electron chi connectivity index (χ0n) is 13.5. The van der Waals surface area contributed by atoms with E-state index in [4.69, 9.17) is 4.52 Å². The van der Waals surface area contributed by atoms with Gasteiger partial charge in [0.25, 0.3) is 0 Å². The molecule has 2 aromatic heterocycles. The first-order valence-corrected chi connectivity index (χ1v) is 7.84. The van der Waals surface area contributed by atoms with E-state index in [0.717, 1.165) is 25.2 Å². The van der Waals surface area contributed by atoms with Gasteiger partial charge >= 0.3 is 0 Å². The first-order valence-electron chi connectivity index (χ1n) is 7.84. The standard InChI is InChI=1S/C16H21N5O2/c1-12-11-20(2)9-10-21(12)15(22)4-3-14-18-16(19-23-14)13-5-7-17-8-6-13/h5-8,12H,3-4,9-11H2,1-2H3/t12-/m1/s1. The molecule has 0 unspecified atom stereocenters. The molecule has 7 nitrogen and oxygen atoms in total. The summed E-state index contributed by atoms with van der Waals surface area (Å²) in [6.45, 7) is 4.70. The summed E-state index contributed by atoms with van der Waals surface area (Å²) in [6, 6.07) is 3.90. The maximum Gasteiger partial charge on any atom is 0.227 e. The van der Waals surface area contributed by atoms with Gasteiger partial charge in [-0.2, -0.15) is 4.98 Å². The van der Waals surface area contributed by atoms with Crippen LogP contribution in [-0.2, 0) is 11.2 Å². The summed E-state index contributed by atoms with van der Waals surface area (Å²) in [4.78, 5) is 24.9. The highest BCUT2D eigenvalue weighted by molar-refractivity contribution is 5.76. The topological polar surface area (TPSA) is 75.4 Å². The number of rotatable bonds is 4. The molecule has 0 aliphatic carbocycles. The van der Waals surface area contributed by atoms with Crippen molar-refractivity contribution < 1.29 is 9.32 Å². The average molecular weight is 315 g/mol. The van der Waals surface area contributed by atoms with Gasteiger partial charge in [0.2, 0.25) is 17.6 Å². The van der Waals surface area contributed by atoms with E-state index in [1.165, 1.54) is 0 Å². The van der Waals surface area contributed by atoms with E-state index in [0.29, 0.717) is 24.6 Å². The maximum atomic E-state index is 12.4. The highest BCUT2D eigenvalue weighted by Gasteiger charge is 2.25. The van der Waals surface area contributed by atoms with Gasteiger partial charge in [-0.05, 0) is 26.1 Å². The number of hydrogen-bond donors (Lipinski definition) is 0. The minimum Gasteiger partial charge on any atom is -0.339 e. The van der Waals surface area contributed by atoms with Crippen LogP contribution in [0.25, 0.3) is 11.4 Å². The van der Waals surface area contributed by atoms with Gasteiger partial charge in [0.15, 0.2) is 0 Å². The second kappa shape index (κ2) is 6.87. The molecule has 0 spiro atoms. The lowest BCUT2D eigenvalue weighted by Crippen LogP contribution is -2.52. The maximum absolute atomic E-state index is 12.4. The van der Waals surface area contributed by atoms with Crippen molar-refractivity contribution in [3.63, 3.8) is 0 Å². The fourth-order valence-electron chi connectivity index (χ4n) is 2.84. The second-order valence-electron chi connectivity index (χ2n) is 5.95. The fourth-order valence-corrected chi connectivity index (χ4v) is 2.84. The molecular formula is C16H21N5O2. The van der Waals surface area contributed by atoms with Crippen molar-refractivity contribution in [3.8, 4) is 11.4 Å². The van der Waals surface area contributed by atoms with Gasteiger partial charge in [-0.1, -0.05) is 5.16 Å². The number of hydrogen-bond acceptors (Lipinski definition) is 6. The Balaban J connectivity index is 1.56. The predicted octanol–water partition coefficient (Wildman–Crippen LogP) is 1.23. The van der Waals surface area contributed by atoms with Crippen molar-refractivity contribution in [2.24, 2.45) is 0 Å². The summed E-state index contributed by atoms with van der Waals surface area (Å²) in [5.74, 6) is 1.17. The number of amides is 1. The van der Waals surface area contributed by atoms with E-state index in [2.05, 4.69) is 34.0 Å². The molecule has 1 saturated heterocycles. The Morgan fingerprint density at radius 2 is 2.13 bits per heavy atom. The van der Waals surface area contributed by atoms with Crippen molar-refractivity contribution in [2.75, 3.05) is 26.7 Å². The van der Waals surface area contributed by atoms with Crippen LogP contribution >= 0.6 is 0 Å². The van der Waals surface area contributed by atoms with E-state index in [9.17, 15) is 4.79 Å². The van der Waals surface area contributed by atoms with Gasteiger partial charge in [0.1, 0.15) is 0 Å². The number of piperazine rings is 1. The Kier molecular flexibility index (Phi) is 4.66. The fraction of sp³-hybridized carbons (Fsp3) is 0.500. The Bertz CT molecular complexity index is 658. The Morgan fingerprint density at radius 3 is 2.87 bits per heavy atom. The summed E-state index contributed by atoms with van der Waals surface area (Å²) < 4.78 is 5.24. The van der Waals surface area contributed by atoms with Crippen LogP contribution in [0.5, 0.6) is 0 Å². The second-order valence-corrected chi connectivity index (χ2v) is 5.95. The van der Waals surface area contributed by atoms with Crippen molar-refractivity contribution >= 4 is 5.91 Å². The lowest BCUT2D eigenvalue weighted by molar-refractivity contribution is -0.135. The lowest BCUT2D eigenvalue weighted by atomic mass is 10.1. The summed E-state index contributed by atoms with van der Waals surface area (Å²) in [6.07, 6.45) is 4.23. The van der Waals surface area contributed by atoms with E-state index >= 15 is 0 Å². The van der Waals surface area contributed by atoms with Gasteiger partial charge in [0.05, 0.1) is 0 Å². The van der Waals surface area contributed by atoms with Gasteiger partial charge in [-0.25, -0.2) is 0 Å². The van der Waals surface area contributed by atoms with Gasteiger partial charge < -0.3 is 14.3 Å². The molecule has 1 fully saturated rings. The lowest BCUT2D eigenvalue weighted by Gasteiger charge is -2.38. The molecule has 3 rings (SSSR count). The number of aryl methyl sites for hydroxylation is 1. The average Bonchev–Trinajstić information content (AvgIpc) is 3.02. The summed E-state index contributed by atoms with van der Waals surface area (Å²) in [7, 11) is 2.08. The van der Waals surface area contributed by atoms with Crippen LogP contribution in [-0.4, -0.2) is 63.6 Å². The predicted molar refractivity (Wildman–Crippen MR) is 84.5 cm³/mol. The molecule has 0 N–H and O–H groups in total. The van der Waals surface area contributed by atoms with Gasteiger partial charge in [-0.15, -0.1) is 0 Å². The zero-order valence-corrected chi connectivity index (χ0v) is 13.5. The van der Waals surface area contributed by atoms with Crippen LogP contribution < -0.4 is 0 Å². The third kappa shape index (κ3) is 3.73. The Hall–Kier alpha value is -2.28. The number of pyridine rings is 1. The number of carbonyl (C=O) groups excluding carboxylic acids is 1. The molecular weight excluding hydrogens is 294 g/mol. The molecule has 3 heterocycles. The molecule has 0 bridgehead atoms. The third-order valence-electron chi connectivity index (χ3n) is 4.11. The number of nitrogens with zero attached hydrogens (tertiary/aromatic N) is 5. The molecule has 122 valence electrons. The van der Waals surface area contributed by atoms with Crippen LogP contribution in [0.2, 0.25) is 0 Å². The molecule has 23 heavy (non-hydrogen) atoms. The minimum absolute atomic E-state index is 0.147. The molecule has 1 aliphatic rings. The van der Waals surface area contributed by atoms with Gasteiger partial charge in [-0.3, -0.25) is 9.78 Å². The Labute approximate surface area is 135 Å². The first kappa shape index (κ1) is 15.6. The number of carbonyl (C=O) groups is 1. The molecule has 0 saturated carbocycles. The molecule has 2 aromatic rings. The summed E-state index contributed by atoms with van der Waals surface area (Å²) >= 11 is 0. The molecule has 7 heteroatoms. The third-order valence-corrected chi connectivity index (χ3v) is 4.11. The van der Waals surface area contributed by atoms with Crippen LogP contribution in [0, 0.1) is 0 Å². The highest BCUT2D eigenvalue weighted by Crippen LogP contribution is 2.16. The van der Waals surface area contributed by atoms with E-state index in [1.807, 2.05) is 17.0 Å². The molecule has 0 aromatic carbocycles. The van der Waals surface area contributed by atoms with Crippen LogP contribution in [0.15, 0.2) is 29.0 Å². The van der Waals surface area contributed by atoms with E-state index in [-0.39, 0.29) is 11.9 Å². The molecule has 1 amide bonds. The van der Waals surface area contributed by atoms with Crippen LogP contribution in [0.3, 0.4) is 0 Å². The normalized spacial score (nSPS) is 19.0. The van der Waals surface area contributed by atoms with Crippen molar-refractivity contribution in [1.29, 1.82) is 0 Å². The Morgan fingerprint density at radius 1 is 1.35 bits per heavy atom. The van der Waals surface area contributed by atoms with Crippen molar-refractivity contribution in [3.05, 3.63) is 30.4 Å². The zero-order chi connectivity index (χ0) is 16.2. The first-order chi connectivity index (χ1) is 11.1. The number of aromatic nitrogens is 3. The number of likely N-dealkylation sites (N-methyl/N-ethyl adjacent to an activating group) is 1. The molecule has 1 aliphatic heterocycles. The van der Waals surface area contributed by atoms with Crippen molar-refractivity contribution in [2.45, 2.75) is 25.8 Å². The van der Waals surface area contributed by atoms with E-state index in [1.54, 1.807) is 12.4 Å². The van der Waals surface area contributed by atoms with Gasteiger partial charge in [0, 0.05) is 56.5 Å². The van der Waals surface area contributed by atoms with E-state index < -0.39 is 0 Å². The smallest absolute Gasteiger partial charge is 0.227 e. The van der Waals surface area contributed by atoms with Crippen LogP contribution in [0.1, 0.15) is 19.2 Å². The van der Waals surface area contributed by atoms with Crippen LogP contribution in [0.4, 0.5) is 0 Å². The summed E-state index contributed by atoms with van der Waals surface area (Å²) in [5, 5.41) is 3.96. The molecule has 1 atom stereocenters. The molecule has 0 radical (unpaired) electrons.